The second-order valence-corrected chi connectivity index (χ2v) is 7.24. The van der Waals surface area contributed by atoms with Crippen LogP contribution in [0.25, 0.3) is 10.2 Å². The predicted molar refractivity (Wildman–Crippen MR) is 110 cm³/mol. The molecule has 148 valence electrons. The number of fused-ring (bicyclic) bond motifs is 1. The Morgan fingerprint density at radius 1 is 1.39 bits per heavy atom. The van der Waals surface area contributed by atoms with Gasteiger partial charge in [0, 0.05) is 48.9 Å². The lowest BCUT2D eigenvalue weighted by Gasteiger charge is -2.32. The maximum Gasteiger partial charge on any atom is 0.162 e. The molecular weight excluding hydrogens is 378 g/mol. The third-order valence-corrected chi connectivity index (χ3v) is 5.22. The number of aromatic nitrogens is 2. The van der Waals surface area contributed by atoms with Gasteiger partial charge < -0.3 is 5.31 Å². The number of hydrogen-bond donors (Lipinski definition) is 1. The summed E-state index contributed by atoms with van der Waals surface area (Å²) in [6.45, 7) is -9.13. The summed E-state index contributed by atoms with van der Waals surface area (Å²) in [5.41, 5.74) is -0.241. The van der Waals surface area contributed by atoms with Gasteiger partial charge in [0.15, 0.2) is 1.41 Å². The smallest absolute Gasteiger partial charge is 0.162 e. The molecule has 0 bridgehead atoms. The minimum absolute atomic E-state index is 0.0297. The van der Waals surface area contributed by atoms with Crippen LogP contribution < -0.4 is 5.31 Å². The Labute approximate surface area is 184 Å². The highest BCUT2D eigenvalue weighted by Gasteiger charge is 2.21. The van der Waals surface area contributed by atoms with Gasteiger partial charge in [-0.3, -0.25) is 4.90 Å². The molecule has 1 aliphatic rings. The number of halogens is 2. The minimum atomic E-state index is -3.34. The topological polar surface area (TPSA) is 41.1 Å². The van der Waals surface area contributed by atoms with E-state index in [1.54, 1.807) is 0 Å². The van der Waals surface area contributed by atoms with E-state index in [1.807, 2.05) is 0 Å². The lowest BCUT2D eigenvalue weighted by molar-refractivity contribution is 0.211. The van der Waals surface area contributed by atoms with E-state index in [2.05, 4.69) is 9.97 Å². The molecule has 0 amide bonds. The molecule has 7 heteroatoms. The van der Waals surface area contributed by atoms with E-state index in [4.69, 9.17) is 16.5 Å². The summed E-state index contributed by atoms with van der Waals surface area (Å²) in [5.74, 6) is -5.30. The first-order chi connectivity index (χ1) is 18.2. The molecular formula is C21H24F2N4S. The fraction of sp³-hybridized carbons (Fsp3) is 0.429. The number of anilines is 1. The Kier molecular flexibility index (Phi) is 2.77. The molecule has 1 fully saturated rings. The molecule has 0 aliphatic carbocycles. The Balaban J connectivity index is 1.68. The summed E-state index contributed by atoms with van der Waals surface area (Å²) >= 11 is 0.529. The molecule has 0 unspecified atom stereocenters. The molecule has 1 N–H and O–H groups in total. The third-order valence-electron chi connectivity index (χ3n) is 4.21. The highest BCUT2D eigenvalue weighted by atomic mass is 32.1. The molecule has 0 radical (unpaired) electrons. The fourth-order valence-corrected chi connectivity index (χ4v) is 3.71. The van der Waals surface area contributed by atoms with Crippen molar-refractivity contribution in [1.82, 2.24) is 14.9 Å². The Hall–Kier alpha value is -2.12. The molecule has 1 aromatic carbocycles. The Bertz CT molecular complexity index is 1380. The third kappa shape index (κ3) is 4.31. The monoisotopic (exact) mass is 414 g/mol. The van der Waals surface area contributed by atoms with Crippen molar-refractivity contribution < 1.29 is 25.3 Å². The fourth-order valence-electron chi connectivity index (χ4n) is 2.92. The van der Waals surface area contributed by atoms with Crippen LogP contribution in [0.4, 0.5) is 14.6 Å². The summed E-state index contributed by atoms with van der Waals surface area (Å²) < 4.78 is 126. The molecule has 0 saturated carbocycles. The Morgan fingerprint density at radius 3 is 2.86 bits per heavy atom. The largest absolute Gasteiger partial charge is 0.367 e. The normalized spacial score (nSPS) is 25.4. The van der Waals surface area contributed by atoms with Gasteiger partial charge >= 0.3 is 0 Å². The highest BCUT2D eigenvalue weighted by molar-refractivity contribution is 7.18. The summed E-state index contributed by atoms with van der Waals surface area (Å²) in [7, 11) is 0. The number of thiophene rings is 1. The van der Waals surface area contributed by atoms with Gasteiger partial charge in [0.1, 0.15) is 28.6 Å². The zero-order chi connectivity index (χ0) is 30.1. The predicted octanol–water partition coefficient (Wildman–Crippen LogP) is 5.17. The van der Waals surface area contributed by atoms with E-state index in [9.17, 15) is 8.78 Å². The lowest BCUT2D eigenvalue weighted by Crippen LogP contribution is -2.38. The van der Waals surface area contributed by atoms with Crippen molar-refractivity contribution in [1.29, 1.82) is 0 Å². The molecule has 28 heavy (non-hydrogen) atoms. The average Bonchev–Trinajstić information content (AvgIpc) is 3.18. The van der Waals surface area contributed by atoms with Gasteiger partial charge in [-0.2, -0.15) is 0 Å². The van der Waals surface area contributed by atoms with Crippen molar-refractivity contribution >= 4 is 27.4 Å². The average molecular weight is 415 g/mol. The zero-order valence-corrected chi connectivity index (χ0v) is 15.4. The van der Waals surface area contributed by atoms with Crippen LogP contribution in [0.15, 0.2) is 30.6 Å². The lowest BCUT2D eigenvalue weighted by atomic mass is 10.0. The van der Waals surface area contributed by atoms with Crippen LogP contribution in [-0.4, -0.2) is 34.0 Å². The number of hydrogen-bond acceptors (Lipinski definition) is 5. The number of benzene rings is 1. The highest BCUT2D eigenvalue weighted by Crippen LogP contribution is 2.33. The van der Waals surface area contributed by atoms with Gasteiger partial charge in [-0.1, -0.05) is 13.7 Å². The van der Waals surface area contributed by atoms with Crippen LogP contribution in [-0.2, 0) is 6.50 Å². The van der Waals surface area contributed by atoms with Crippen LogP contribution in [0.5, 0.6) is 0 Å². The summed E-state index contributed by atoms with van der Waals surface area (Å²) in [5, 5.41) is 0.513. The van der Waals surface area contributed by atoms with E-state index in [-0.39, 0.29) is 47.5 Å². The van der Waals surface area contributed by atoms with E-state index in [0.717, 1.165) is 18.5 Å². The summed E-state index contributed by atoms with van der Waals surface area (Å²) in [6.07, 6.45) is 0.762. The molecule has 1 saturated heterocycles. The van der Waals surface area contributed by atoms with E-state index in [1.165, 1.54) is 4.90 Å². The molecule has 4 rings (SSSR count). The Morgan fingerprint density at radius 2 is 2.14 bits per heavy atom. The van der Waals surface area contributed by atoms with Crippen LogP contribution in [0.1, 0.15) is 58.0 Å². The molecule has 2 aromatic heterocycles. The van der Waals surface area contributed by atoms with E-state index >= 15 is 0 Å². The standard InChI is InChI=1S/C21H24F2N4S/c1-13(2)19-10-18-20(24-12-25-21(18)28-19)26-17-3-5-27(6-4-17)11-14-7-15(22)9-16(23)8-14/h7-10,12-13,17H,3-6,11H2,1-2H3,(H,24,25,26)/i1D3,2D3,10D,11D2,13D,17D/hD. The van der Waals surface area contributed by atoms with Crippen molar-refractivity contribution in [2.45, 2.75) is 45.0 Å². The number of rotatable bonds is 5. The summed E-state index contributed by atoms with van der Waals surface area (Å²) in [4.78, 5) is 8.68. The van der Waals surface area contributed by atoms with E-state index < -0.39 is 54.7 Å². The minimum Gasteiger partial charge on any atom is -0.367 e. The number of nitrogens with zero attached hydrogens (tertiary/aromatic N) is 3. The first kappa shape index (κ1) is 9.59. The van der Waals surface area contributed by atoms with Crippen LogP contribution in [0.2, 0.25) is 1.41 Å². The molecule has 3 aromatic rings. The van der Waals surface area contributed by atoms with Crippen molar-refractivity contribution in [3.8, 4) is 0 Å². The van der Waals surface area contributed by atoms with Crippen molar-refractivity contribution in [2.24, 2.45) is 0 Å². The van der Waals surface area contributed by atoms with Gasteiger partial charge in [-0.15, -0.1) is 11.3 Å². The quantitative estimate of drug-likeness (QED) is 0.625. The first-order valence-electron chi connectivity index (χ1n) is 14.4. The second kappa shape index (κ2) is 8.09. The van der Waals surface area contributed by atoms with Crippen molar-refractivity contribution in [3.05, 3.63) is 52.6 Å². The van der Waals surface area contributed by atoms with Gasteiger partial charge in [0.05, 0.1) is 8.13 Å². The van der Waals surface area contributed by atoms with Gasteiger partial charge in [-0.05, 0) is 42.5 Å². The molecule has 4 nitrogen and oxygen atoms in total. The van der Waals surface area contributed by atoms with E-state index in [0.29, 0.717) is 22.7 Å². The molecule has 1 aliphatic heterocycles. The number of piperidine rings is 1. The van der Waals surface area contributed by atoms with Crippen LogP contribution >= 0.6 is 11.3 Å². The summed E-state index contributed by atoms with van der Waals surface area (Å²) in [6, 6.07) is 0.0361. The maximum absolute atomic E-state index is 13.7. The van der Waals surface area contributed by atoms with Gasteiger partial charge in [0.25, 0.3) is 0 Å². The van der Waals surface area contributed by atoms with Crippen molar-refractivity contribution in [2.75, 3.05) is 18.4 Å². The maximum atomic E-state index is 13.7. The van der Waals surface area contributed by atoms with Crippen LogP contribution in [0, 0.1) is 11.6 Å². The van der Waals surface area contributed by atoms with Crippen LogP contribution in [0.3, 0.4) is 0 Å². The zero-order valence-electron chi connectivity index (χ0n) is 26.6. The molecule has 0 atom stereocenters. The van der Waals surface area contributed by atoms with Gasteiger partial charge in [0.2, 0.25) is 0 Å². The number of nitrogens with one attached hydrogen (secondary N) is 1. The number of likely N-dealkylation sites (tertiary alicyclic amines) is 1. The molecule has 0 spiro atoms. The second-order valence-electron chi connectivity index (χ2n) is 6.24. The van der Waals surface area contributed by atoms with Gasteiger partial charge in [-0.25, -0.2) is 18.7 Å². The van der Waals surface area contributed by atoms with Crippen molar-refractivity contribution in [3.63, 3.8) is 0 Å². The SMILES string of the molecule is [2H]c1c(C([2H])(C([2H])([2H])[2H])C([2H])([2H])[2H])sc2ncnc(N([2H])C3([2H])CCN(C([2H])([2H])c4cc(F)cc(F)c4)CC3)c12. The first-order valence-corrected chi connectivity index (χ1v) is 9.31. The molecule has 3 heterocycles.